The highest BCUT2D eigenvalue weighted by molar-refractivity contribution is 4.83. The quantitative estimate of drug-likeness (QED) is 0.706. The topological polar surface area (TPSA) is 24.5 Å². The normalized spacial score (nSPS) is 23.8. The van der Waals surface area contributed by atoms with Crippen LogP contribution in [-0.2, 0) is 4.74 Å². The summed E-state index contributed by atoms with van der Waals surface area (Å²) >= 11 is 0. The van der Waals surface area contributed by atoms with Gasteiger partial charge in [-0.25, -0.2) is 0 Å². The van der Waals surface area contributed by atoms with Crippen LogP contribution in [0.1, 0.15) is 46.0 Å². The summed E-state index contributed by atoms with van der Waals surface area (Å²) in [6.45, 7) is 8.68. The third-order valence-corrected chi connectivity index (χ3v) is 3.75. The first-order valence-electron chi connectivity index (χ1n) is 7.28. The Bertz CT molecular complexity index is 185. The van der Waals surface area contributed by atoms with Gasteiger partial charge < -0.3 is 10.1 Å². The smallest absolute Gasteiger partial charge is 0.0630 e. The fourth-order valence-corrected chi connectivity index (χ4v) is 2.92. The average Bonchev–Trinajstić information content (AvgIpc) is 2.36. The first kappa shape index (κ1) is 14.9. The zero-order valence-electron chi connectivity index (χ0n) is 11.9. The Morgan fingerprint density at radius 2 is 2.18 bits per heavy atom. The number of piperidine rings is 1. The lowest BCUT2D eigenvalue weighted by Gasteiger charge is -2.41. The number of likely N-dealkylation sites (tertiary alicyclic amines) is 1. The molecule has 3 heteroatoms. The molecule has 0 spiro atoms. The summed E-state index contributed by atoms with van der Waals surface area (Å²) in [5.41, 5.74) is 0. The molecule has 0 radical (unpaired) electrons. The van der Waals surface area contributed by atoms with Crippen LogP contribution in [0.3, 0.4) is 0 Å². The van der Waals surface area contributed by atoms with Crippen LogP contribution in [0, 0.1) is 0 Å². The van der Waals surface area contributed by atoms with Gasteiger partial charge in [-0.3, -0.25) is 4.90 Å². The van der Waals surface area contributed by atoms with Crippen molar-refractivity contribution in [2.45, 2.75) is 58.0 Å². The lowest BCUT2D eigenvalue weighted by molar-refractivity contribution is 0.0371. The van der Waals surface area contributed by atoms with Crippen LogP contribution >= 0.6 is 0 Å². The van der Waals surface area contributed by atoms with Gasteiger partial charge in [0.1, 0.15) is 0 Å². The molecule has 3 nitrogen and oxygen atoms in total. The maximum absolute atomic E-state index is 5.40. The highest BCUT2D eigenvalue weighted by Crippen LogP contribution is 2.23. The van der Waals surface area contributed by atoms with E-state index in [4.69, 9.17) is 4.74 Å². The molecule has 102 valence electrons. The molecule has 1 aliphatic rings. The Balaban J connectivity index is 2.53. The summed E-state index contributed by atoms with van der Waals surface area (Å²) in [6.07, 6.45) is 6.77. The van der Waals surface area contributed by atoms with Crippen molar-refractivity contribution in [3.05, 3.63) is 0 Å². The van der Waals surface area contributed by atoms with Gasteiger partial charge in [0.15, 0.2) is 0 Å². The van der Waals surface area contributed by atoms with Crippen molar-refractivity contribution in [1.29, 1.82) is 0 Å². The second-order valence-corrected chi connectivity index (χ2v) is 5.09. The molecule has 0 amide bonds. The molecule has 1 heterocycles. The second-order valence-electron chi connectivity index (χ2n) is 5.09. The zero-order chi connectivity index (χ0) is 12.5. The summed E-state index contributed by atoms with van der Waals surface area (Å²) in [7, 11) is 1.82. The first-order valence-corrected chi connectivity index (χ1v) is 7.28. The molecule has 0 saturated carbocycles. The van der Waals surface area contributed by atoms with Gasteiger partial charge in [-0.05, 0) is 32.4 Å². The minimum atomic E-state index is 0.553. The van der Waals surface area contributed by atoms with E-state index < -0.39 is 0 Å². The van der Waals surface area contributed by atoms with E-state index in [1.807, 2.05) is 7.11 Å². The number of rotatable bonds is 8. The monoisotopic (exact) mass is 242 g/mol. The van der Waals surface area contributed by atoms with E-state index in [1.54, 1.807) is 0 Å². The van der Waals surface area contributed by atoms with Gasteiger partial charge in [0.05, 0.1) is 6.61 Å². The molecule has 0 aromatic heterocycles. The first-order chi connectivity index (χ1) is 8.33. The maximum atomic E-state index is 5.40. The van der Waals surface area contributed by atoms with Gasteiger partial charge in [0.2, 0.25) is 0 Å². The lowest BCUT2D eigenvalue weighted by atomic mass is 9.96. The molecule has 0 aromatic rings. The van der Waals surface area contributed by atoms with Crippen molar-refractivity contribution >= 4 is 0 Å². The van der Waals surface area contributed by atoms with E-state index in [-0.39, 0.29) is 0 Å². The molecule has 0 aromatic carbocycles. The van der Waals surface area contributed by atoms with E-state index in [9.17, 15) is 0 Å². The van der Waals surface area contributed by atoms with Crippen molar-refractivity contribution in [2.24, 2.45) is 0 Å². The highest BCUT2D eigenvalue weighted by Gasteiger charge is 2.27. The van der Waals surface area contributed by atoms with E-state index in [1.165, 1.54) is 38.6 Å². The van der Waals surface area contributed by atoms with E-state index in [0.717, 1.165) is 25.7 Å². The number of nitrogens with zero attached hydrogens (tertiary/aromatic N) is 1. The summed E-state index contributed by atoms with van der Waals surface area (Å²) in [6, 6.07) is 1.34. The molecule has 1 saturated heterocycles. The summed E-state index contributed by atoms with van der Waals surface area (Å²) in [4.78, 5) is 2.69. The third kappa shape index (κ3) is 4.94. The second kappa shape index (κ2) is 8.90. The van der Waals surface area contributed by atoms with Gasteiger partial charge in [-0.15, -0.1) is 0 Å². The Morgan fingerprint density at radius 1 is 1.35 bits per heavy atom. The van der Waals surface area contributed by atoms with E-state index in [0.29, 0.717) is 6.04 Å². The van der Waals surface area contributed by atoms with Crippen LogP contribution in [0.15, 0.2) is 0 Å². The Labute approximate surface area is 107 Å². The molecule has 0 aliphatic carbocycles. The van der Waals surface area contributed by atoms with Gasteiger partial charge in [-0.2, -0.15) is 0 Å². The predicted octanol–water partition coefficient (Wildman–Crippen LogP) is 2.27. The summed E-state index contributed by atoms with van der Waals surface area (Å²) < 4.78 is 5.40. The number of methoxy groups -OCH3 is 1. The van der Waals surface area contributed by atoms with Gasteiger partial charge >= 0.3 is 0 Å². The Morgan fingerprint density at radius 3 is 2.82 bits per heavy atom. The maximum Gasteiger partial charge on any atom is 0.0630 e. The standard InChI is InChI=1S/C14H30N2O/c1-4-8-13-9-6-7-10-16(13)14(12-17-3)11-15-5-2/h13-15H,4-12H2,1-3H3. The fraction of sp³-hybridized carbons (Fsp3) is 1.00. The highest BCUT2D eigenvalue weighted by atomic mass is 16.5. The SMILES string of the molecule is CCCC1CCCCN1C(CNCC)COC. The molecule has 1 rings (SSSR count). The molecular weight excluding hydrogens is 212 g/mol. The van der Waals surface area contributed by atoms with Crippen LogP contribution < -0.4 is 5.32 Å². The number of nitrogens with one attached hydrogen (secondary N) is 1. The summed E-state index contributed by atoms with van der Waals surface area (Å²) in [5.74, 6) is 0. The van der Waals surface area contributed by atoms with Crippen LogP contribution in [0.5, 0.6) is 0 Å². The molecule has 0 bridgehead atoms. The van der Waals surface area contributed by atoms with Crippen LogP contribution in [0.2, 0.25) is 0 Å². The number of hydrogen-bond acceptors (Lipinski definition) is 3. The van der Waals surface area contributed by atoms with Crippen molar-refractivity contribution in [1.82, 2.24) is 10.2 Å². The van der Waals surface area contributed by atoms with Gasteiger partial charge in [0.25, 0.3) is 0 Å². The fourth-order valence-electron chi connectivity index (χ4n) is 2.92. The number of hydrogen-bond donors (Lipinski definition) is 1. The average molecular weight is 242 g/mol. The van der Waals surface area contributed by atoms with Crippen molar-refractivity contribution in [3.63, 3.8) is 0 Å². The Hall–Kier alpha value is -0.120. The molecule has 1 aliphatic heterocycles. The third-order valence-electron chi connectivity index (χ3n) is 3.75. The van der Waals surface area contributed by atoms with E-state index >= 15 is 0 Å². The Kier molecular flexibility index (Phi) is 7.82. The number of ether oxygens (including phenoxy) is 1. The van der Waals surface area contributed by atoms with Crippen LogP contribution in [-0.4, -0.2) is 50.3 Å². The minimum absolute atomic E-state index is 0.553. The molecule has 1 fully saturated rings. The minimum Gasteiger partial charge on any atom is -0.383 e. The molecule has 2 unspecified atom stereocenters. The van der Waals surface area contributed by atoms with Crippen LogP contribution in [0.4, 0.5) is 0 Å². The molecule has 1 N–H and O–H groups in total. The molecular formula is C14H30N2O. The van der Waals surface area contributed by atoms with Crippen molar-refractivity contribution in [2.75, 3.05) is 33.4 Å². The molecule has 17 heavy (non-hydrogen) atoms. The lowest BCUT2D eigenvalue weighted by Crippen LogP contribution is -2.52. The van der Waals surface area contributed by atoms with Crippen molar-refractivity contribution < 1.29 is 4.74 Å². The predicted molar refractivity (Wildman–Crippen MR) is 73.5 cm³/mol. The number of likely N-dealkylation sites (N-methyl/N-ethyl adjacent to an activating group) is 1. The molecule has 2 atom stereocenters. The van der Waals surface area contributed by atoms with E-state index in [2.05, 4.69) is 24.1 Å². The zero-order valence-corrected chi connectivity index (χ0v) is 11.9. The van der Waals surface area contributed by atoms with Gasteiger partial charge in [0, 0.05) is 25.7 Å². The summed E-state index contributed by atoms with van der Waals surface area (Å²) in [5, 5.41) is 3.47. The van der Waals surface area contributed by atoms with Gasteiger partial charge in [-0.1, -0.05) is 26.7 Å². The largest absolute Gasteiger partial charge is 0.383 e. The van der Waals surface area contributed by atoms with Crippen LogP contribution in [0.25, 0.3) is 0 Å². The van der Waals surface area contributed by atoms with Crippen molar-refractivity contribution in [3.8, 4) is 0 Å².